The highest BCUT2D eigenvalue weighted by molar-refractivity contribution is 5.36. The summed E-state index contributed by atoms with van der Waals surface area (Å²) in [6.45, 7) is 13.3. The van der Waals surface area contributed by atoms with Crippen molar-refractivity contribution in [1.82, 2.24) is 5.32 Å². The second kappa shape index (κ2) is 6.80. The Hall–Kier alpha value is -0.820. The fourth-order valence-electron chi connectivity index (χ4n) is 2.07. The van der Waals surface area contributed by atoms with Crippen LogP contribution in [-0.4, -0.2) is 6.54 Å². The van der Waals surface area contributed by atoms with Gasteiger partial charge in [-0.1, -0.05) is 26.0 Å². The van der Waals surface area contributed by atoms with Gasteiger partial charge < -0.3 is 5.32 Å². The second-order valence-electron chi connectivity index (χ2n) is 5.58. The van der Waals surface area contributed by atoms with Crippen molar-refractivity contribution in [3.8, 4) is 0 Å². The lowest BCUT2D eigenvalue weighted by molar-refractivity contribution is 0.527. The van der Waals surface area contributed by atoms with E-state index < -0.39 is 0 Å². The number of aryl methyl sites for hydroxylation is 3. The molecule has 0 saturated carbocycles. The molecule has 0 aliphatic rings. The fraction of sp³-hybridized carbons (Fsp3) is 0.625. The summed E-state index contributed by atoms with van der Waals surface area (Å²) >= 11 is 0. The number of benzene rings is 1. The molecule has 0 aliphatic heterocycles. The quantitative estimate of drug-likeness (QED) is 0.728. The monoisotopic (exact) mass is 233 g/mol. The molecule has 17 heavy (non-hydrogen) atoms. The molecule has 1 aromatic carbocycles. The first-order valence-corrected chi connectivity index (χ1v) is 6.78. The molecule has 1 rings (SSSR count). The highest BCUT2D eigenvalue weighted by Gasteiger charge is 2.01. The first-order chi connectivity index (χ1) is 8.00. The maximum absolute atomic E-state index is 3.54. The molecule has 1 aromatic rings. The third-order valence-corrected chi connectivity index (χ3v) is 3.40. The van der Waals surface area contributed by atoms with Gasteiger partial charge in [0, 0.05) is 6.54 Å². The summed E-state index contributed by atoms with van der Waals surface area (Å²) in [7, 11) is 0. The second-order valence-corrected chi connectivity index (χ2v) is 5.58. The summed E-state index contributed by atoms with van der Waals surface area (Å²) < 4.78 is 0. The highest BCUT2D eigenvalue weighted by Crippen LogP contribution is 2.15. The van der Waals surface area contributed by atoms with Gasteiger partial charge in [0.15, 0.2) is 0 Å². The topological polar surface area (TPSA) is 12.0 Å². The van der Waals surface area contributed by atoms with Crippen LogP contribution in [0.1, 0.15) is 48.9 Å². The molecule has 0 spiro atoms. The first kappa shape index (κ1) is 14.2. The fourth-order valence-corrected chi connectivity index (χ4v) is 2.07. The zero-order valence-electron chi connectivity index (χ0n) is 12.1. The van der Waals surface area contributed by atoms with E-state index >= 15 is 0 Å². The zero-order chi connectivity index (χ0) is 12.8. The van der Waals surface area contributed by atoms with E-state index in [1.807, 2.05) is 0 Å². The van der Waals surface area contributed by atoms with Crippen molar-refractivity contribution in [2.24, 2.45) is 5.92 Å². The van der Waals surface area contributed by atoms with Crippen molar-refractivity contribution in [2.75, 3.05) is 6.54 Å². The third-order valence-electron chi connectivity index (χ3n) is 3.40. The standard InChI is InChI=1S/C16H27N/c1-12(2)7-6-8-17-11-16-10-14(4)13(3)9-15(16)5/h9-10,12,17H,6-8,11H2,1-5H3. The summed E-state index contributed by atoms with van der Waals surface area (Å²) in [6, 6.07) is 4.61. The minimum Gasteiger partial charge on any atom is -0.313 e. The predicted octanol–water partition coefficient (Wildman–Crippen LogP) is 4.14. The lowest BCUT2D eigenvalue weighted by Crippen LogP contribution is -2.16. The minimum atomic E-state index is 0.820. The van der Waals surface area contributed by atoms with Crippen LogP contribution in [0.15, 0.2) is 12.1 Å². The van der Waals surface area contributed by atoms with E-state index in [4.69, 9.17) is 0 Å². The van der Waals surface area contributed by atoms with Crippen LogP contribution < -0.4 is 5.32 Å². The number of nitrogens with one attached hydrogen (secondary N) is 1. The van der Waals surface area contributed by atoms with E-state index in [2.05, 4.69) is 52.1 Å². The summed E-state index contributed by atoms with van der Waals surface area (Å²) in [6.07, 6.45) is 2.60. The maximum Gasteiger partial charge on any atom is 0.0208 e. The van der Waals surface area contributed by atoms with Gasteiger partial charge in [-0.2, -0.15) is 0 Å². The van der Waals surface area contributed by atoms with E-state index in [1.54, 1.807) is 0 Å². The van der Waals surface area contributed by atoms with Gasteiger partial charge in [-0.25, -0.2) is 0 Å². The van der Waals surface area contributed by atoms with Crippen LogP contribution in [-0.2, 0) is 6.54 Å². The molecule has 1 heteroatoms. The molecule has 1 N–H and O–H groups in total. The molecule has 0 fully saturated rings. The van der Waals surface area contributed by atoms with Crippen molar-refractivity contribution in [2.45, 2.75) is 54.0 Å². The molecule has 0 heterocycles. The van der Waals surface area contributed by atoms with Gasteiger partial charge >= 0.3 is 0 Å². The van der Waals surface area contributed by atoms with E-state index in [0.717, 1.165) is 19.0 Å². The van der Waals surface area contributed by atoms with E-state index in [9.17, 15) is 0 Å². The smallest absolute Gasteiger partial charge is 0.0208 e. The third kappa shape index (κ3) is 4.91. The van der Waals surface area contributed by atoms with Gasteiger partial charge in [-0.05, 0) is 68.3 Å². The van der Waals surface area contributed by atoms with Crippen molar-refractivity contribution in [3.05, 3.63) is 34.4 Å². The number of hydrogen-bond donors (Lipinski definition) is 1. The van der Waals surface area contributed by atoms with Gasteiger partial charge in [0.25, 0.3) is 0 Å². The molecule has 0 aliphatic carbocycles. The van der Waals surface area contributed by atoms with Crippen molar-refractivity contribution in [3.63, 3.8) is 0 Å². The molecule has 0 amide bonds. The Bertz CT molecular complexity index is 353. The number of rotatable bonds is 6. The molecule has 0 radical (unpaired) electrons. The van der Waals surface area contributed by atoms with Crippen LogP contribution in [0.5, 0.6) is 0 Å². The van der Waals surface area contributed by atoms with Crippen molar-refractivity contribution in [1.29, 1.82) is 0 Å². The van der Waals surface area contributed by atoms with Gasteiger partial charge in [0.1, 0.15) is 0 Å². The molecule has 0 unspecified atom stereocenters. The molecule has 96 valence electrons. The summed E-state index contributed by atoms with van der Waals surface area (Å²) in [5, 5.41) is 3.54. The van der Waals surface area contributed by atoms with Crippen LogP contribution in [0.3, 0.4) is 0 Å². The van der Waals surface area contributed by atoms with Crippen molar-refractivity contribution < 1.29 is 0 Å². The molecular formula is C16H27N. The van der Waals surface area contributed by atoms with Crippen LogP contribution in [0.4, 0.5) is 0 Å². The Balaban J connectivity index is 2.39. The zero-order valence-corrected chi connectivity index (χ0v) is 12.1. The summed E-state index contributed by atoms with van der Waals surface area (Å²) in [5.41, 5.74) is 5.64. The van der Waals surface area contributed by atoms with E-state index in [0.29, 0.717) is 0 Å². The summed E-state index contributed by atoms with van der Waals surface area (Å²) in [5.74, 6) is 0.820. The van der Waals surface area contributed by atoms with Gasteiger partial charge in [-0.15, -0.1) is 0 Å². The van der Waals surface area contributed by atoms with Crippen LogP contribution in [0, 0.1) is 26.7 Å². The lowest BCUT2D eigenvalue weighted by atomic mass is 10.0. The lowest BCUT2D eigenvalue weighted by Gasteiger charge is -2.11. The Morgan fingerprint density at radius 1 is 1.00 bits per heavy atom. The molecule has 0 saturated heterocycles. The average molecular weight is 233 g/mol. The molecular weight excluding hydrogens is 206 g/mol. The SMILES string of the molecule is Cc1cc(C)c(CNCCCC(C)C)cc1C. The van der Waals surface area contributed by atoms with Crippen LogP contribution in [0.2, 0.25) is 0 Å². The molecule has 0 aromatic heterocycles. The Morgan fingerprint density at radius 3 is 2.29 bits per heavy atom. The van der Waals surface area contributed by atoms with Gasteiger partial charge in [0.2, 0.25) is 0 Å². The Morgan fingerprint density at radius 2 is 1.65 bits per heavy atom. The minimum absolute atomic E-state index is 0.820. The van der Waals surface area contributed by atoms with Crippen LogP contribution in [0.25, 0.3) is 0 Å². The first-order valence-electron chi connectivity index (χ1n) is 6.78. The maximum atomic E-state index is 3.54. The van der Waals surface area contributed by atoms with Gasteiger partial charge in [-0.3, -0.25) is 0 Å². The largest absolute Gasteiger partial charge is 0.313 e. The highest BCUT2D eigenvalue weighted by atomic mass is 14.8. The van der Waals surface area contributed by atoms with E-state index in [-0.39, 0.29) is 0 Å². The van der Waals surface area contributed by atoms with Crippen LogP contribution >= 0.6 is 0 Å². The van der Waals surface area contributed by atoms with Gasteiger partial charge in [0.05, 0.1) is 0 Å². The normalized spacial score (nSPS) is 11.2. The van der Waals surface area contributed by atoms with E-state index in [1.165, 1.54) is 35.1 Å². The predicted molar refractivity (Wildman–Crippen MR) is 76.4 cm³/mol. The summed E-state index contributed by atoms with van der Waals surface area (Å²) in [4.78, 5) is 0. The number of hydrogen-bond acceptors (Lipinski definition) is 1. The Labute approximate surface area is 107 Å². The molecule has 1 nitrogen and oxygen atoms in total. The molecule has 0 bridgehead atoms. The molecule has 0 atom stereocenters. The Kier molecular flexibility index (Phi) is 5.70. The van der Waals surface area contributed by atoms with Crippen molar-refractivity contribution >= 4 is 0 Å². The average Bonchev–Trinajstić information content (AvgIpc) is 2.24.